The van der Waals surface area contributed by atoms with Gasteiger partial charge in [-0.2, -0.15) is 0 Å². The van der Waals surface area contributed by atoms with E-state index in [-0.39, 0.29) is 5.91 Å². The third kappa shape index (κ3) is 5.28. The molecule has 0 aliphatic heterocycles. The average Bonchev–Trinajstić information content (AvgIpc) is 2.68. The standard InChI is InChI=1S/C21H22N4O2/c1-15-23-19(21(26)25-17-8-4-3-5-9-17)14-20(24-15)22-12-11-16-7-6-10-18(13-16)27-2/h3-10,13-14H,11-12H2,1-2H3,(H,25,26)(H,22,23,24). The largest absolute Gasteiger partial charge is 0.497 e. The molecule has 6 nitrogen and oxygen atoms in total. The third-order valence-electron chi connectivity index (χ3n) is 3.96. The van der Waals surface area contributed by atoms with Crippen LogP contribution in [-0.4, -0.2) is 29.5 Å². The molecule has 0 radical (unpaired) electrons. The molecule has 6 heteroatoms. The van der Waals surface area contributed by atoms with Gasteiger partial charge in [0, 0.05) is 18.3 Å². The third-order valence-corrected chi connectivity index (χ3v) is 3.96. The van der Waals surface area contributed by atoms with Gasteiger partial charge < -0.3 is 15.4 Å². The zero-order valence-corrected chi connectivity index (χ0v) is 15.4. The topological polar surface area (TPSA) is 76.1 Å². The molecule has 0 saturated heterocycles. The second-order valence-electron chi connectivity index (χ2n) is 6.03. The molecule has 0 saturated carbocycles. The van der Waals surface area contributed by atoms with Gasteiger partial charge in [-0.05, 0) is 43.2 Å². The molecule has 0 spiro atoms. The first-order chi connectivity index (χ1) is 13.1. The minimum absolute atomic E-state index is 0.262. The number of carbonyl (C=O) groups is 1. The number of hydrogen-bond acceptors (Lipinski definition) is 5. The highest BCUT2D eigenvalue weighted by Crippen LogP contribution is 2.14. The number of amides is 1. The second kappa shape index (κ2) is 8.80. The highest BCUT2D eigenvalue weighted by molar-refractivity contribution is 6.03. The molecular formula is C21H22N4O2. The minimum atomic E-state index is -0.262. The summed E-state index contributed by atoms with van der Waals surface area (Å²) in [4.78, 5) is 21.0. The number of rotatable bonds is 7. The van der Waals surface area contributed by atoms with E-state index >= 15 is 0 Å². The fraction of sp³-hybridized carbons (Fsp3) is 0.190. The molecule has 2 aromatic carbocycles. The van der Waals surface area contributed by atoms with E-state index in [0.717, 1.165) is 23.4 Å². The van der Waals surface area contributed by atoms with Gasteiger partial charge in [-0.25, -0.2) is 9.97 Å². The fourth-order valence-electron chi connectivity index (χ4n) is 2.65. The van der Waals surface area contributed by atoms with Crippen LogP contribution in [0.25, 0.3) is 0 Å². The summed E-state index contributed by atoms with van der Waals surface area (Å²) in [5, 5.41) is 6.10. The molecule has 3 rings (SSSR count). The Bertz CT molecular complexity index is 913. The molecule has 138 valence electrons. The van der Waals surface area contributed by atoms with Crippen molar-refractivity contribution in [2.75, 3.05) is 24.3 Å². The number of benzene rings is 2. The lowest BCUT2D eigenvalue weighted by Crippen LogP contribution is -2.16. The Balaban J connectivity index is 1.63. The van der Waals surface area contributed by atoms with Gasteiger partial charge in [0.1, 0.15) is 23.1 Å². The molecule has 0 unspecified atom stereocenters. The first kappa shape index (κ1) is 18.4. The average molecular weight is 362 g/mol. The van der Waals surface area contributed by atoms with Crippen LogP contribution in [0.1, 0.15) is 21.9 Å². The van der Waals surface area contributed by atoms with Crippen molar-refractivity contribution in [3.05, 3.63) is 77.7 Å². The molecular weight excluding hydrogens is 340 g/mol. The smallest absolute Gasteiger partial charge is 0.274 e. The van der Waals surface area contributed by atoms with Crippen molar-refractivity contribution in [2.24, 2.45) is 0 Å². The van der Waals surface area contributed by atoms with E-state index in [0.29, 0.717) is 23.9 Å². The van der Waals surface area contributed by atoms with Crippen molar-refractivity contribution >= 4 is 17.4 Å². The van der Waals surface area contributed by atoms with Crippen molar-refractivity contribution in [3.63, 3.8) is 0 Å². The van der Waals surface area contributed by atoms with Crippen LogP contribution in [-0.2, 0) is 6.42 Å². The summed E-state index contributed by atoms with van der Waals surface area (Å²) in [6, 6.07) is 18.9. The van der Waals surface area contributed by atoms with Gasteiger partial charge in [-0.3, -0.25) is 4.79 Å². The lowest BCUT2D eigenvalue weighted by Gasteiger charge is -2.10. The zero-order chi connectivity index (χ0) is 19.1. The molecule has 0 bridgehead atoms. The van der Waals surface area contributed by atoms with E-state index < -0.39 is 0 Å². The number of carbonyl (C=O) groups excluding carboxylic acids is 1. The monoisotopic (exact) mass is 362 g/mol. The maximum Gasteiger partial charge on any atom is 0.274 e. The highest BCUT2D eigenvalue weighted by Gasteiger charge is 2.11. The van der Waals surface area contributed by atoms with Crippen molar-refractivity contribution in [3.8, 4) is 5.75 Å². The predicted octanol–water partition coefficient (Wildman–Crippen LogP) is 3.70. The molecule has 1 heterocycles. The normalized spacial score (nSPS) is 10.3. The Hall–Kier alpha value is -3.41. The highest BCUT2D eigenvalue weighted by atomic mass is 16.5. The molecule has 1 amide bonds. The first-order valence-corrected chi connectivity index (χ1v) is 8.73. The van der Waals surface area contributed by atoms with Gasteiger partial charge in [0.2, 0.25) is 0 Å². The lowest BCUT2D eigenvalue weighted by molar-refractivity contribution is 0.102. The maximum absolute atomic E-state index is 12.4. The van der Waals surface area contributed by atoms with Crippen LogP contribution < -0.4 is 15.4 Å². The van der Waals surface area contributed by atoms with Crippen LogP contribution in [0.15, 0.2) is 60.7 Å². The van der Waals surface area contributed by atoms with Crippen LogP contribution in [0.5, 0.6) is 5.75 Å². The van der Waals surface area contributed by atoms with Gasteiger partial charge in [-0.1, -0.05) is 30.3 Å². The Morgan fingerprint density at radius 2 is 1.85 bits per heavy atom. The number of hydrogen-bond donors (Lipinski definition) is 2. The summed E-state index contributed by atoms with van der Waals surface area (Å²) in [6.07, 6.45) is 0.811. The Kier molecular flexibility index (Phi) is 5.99. The van der Waals surface area contributed by atoms with E-state index in [1.54, 1.807) is 20.1 Å². The molecule has 0 atom stereocenters. The number of para-hydroxylation sites is 1. The summed E-state index contributed by atoms with van der Waals surface area (Å²) in [5.74, 6) is 1.75. The Morgan fingerprint density at radius 3 is 2.63 bits per heavy atom. The van der Waals surface area contributed by atoms with E-state index in [1.165, 1.54) is 0 Å². The maximum atomic E-state index is 12.4. The van der Waals surface area contributed by atoms with Crippen LogP contribution >= 0.6 is 0 Å². The van der Waals surface area contributed by atoms with Crippen LogP contribution in [0.3, 0.4) is 0 Å². The number of aromatic nitrogens is 2. The van der Waals surface area contributed by atoms with Gasteiger partial charge >= 0.3 is 0 Å². The second-order valence-corrected chi connectivity index (χ2v) is 6.03. The summed E-state index contributed by atoms with van der Waals surface area (Å²) in [5.41, 5.74) is 2.22. The molecule has 0 aliphatic carbocycles. The number of nitrogens with one attached hydrogen (secondary N) is 2. The Morgan fingerprint density at radius 1 is 1.04 bits per heavy atom. The van der Waals surface area contributed by atoms with Crippen molar-refractivity contribution in [2.45, 2.75) is 13.3 Å². The van der Waals surface area contributed by atoms with Crippen LogP contribution in [0, 0.1) is 6.92 Å². The number of anilines is 2. The number of nitrogens with zero attached hydrogens (tertiary/aromatic N) is 2. The lowest BCUT2D eigenvalue weighted by atomic mass is 10.1. The zero-order valence-electron chi connectivity index (χ0n) is 15.4. The van der Waals surface area contributed by atoms with E-state index in [9.17, 15) is 4.79 Å². The van der Waals surface area contributed by atoms with Crippen molar-refractivity contribution < 1.29 is 9.53 Å². The quantitative estimate of drug-likeness (QED) is 0.670. The van der Waals surface area contributed by atoms with E-state index in [2.05, 4.69) is 20.6 Å². The van der Waals surface area contributed by atoms with Crippen LogP contribution in [0.4, 0.5) is 11.5 Å². The predicted molar refractivity (Wildman–Crippen MR) is 106 cm³/mol. The molecule has 0 fully saturated rings. The van der Waals surface area contributed by atoms with E-state index in [4.69, 9.17) is 4.74 Å². The van der Waals surface area contributed by atoms with Crippen molar-refractivity contribution in [1.29, 1.82) is 0 Å². The first-order valence-electron chi connectivity index (χ1n) is 8.73. The molecule has 2 N–H and O–H groups in total. The minimum Gasteiger partial charge on any atom is -0.497 e. The number of methoxy groups -OCH3 is 1. The van der Waals surface area contributed by atoms with Crippen LogP contribution in [0.2, 0.25) is 0 Å². The van der Waals surface area contributed by atoms with Gasteiger partial charge in [0.15, 0.2) is 0 Å². The van der Waals surface area contributed by atoms with Gasteiger partial charge in [0.25, 0.3) is 5.91 Å². The molecule has 27 heavy (non-hydrogen) atoms. The summed E-state index contributed by atoms with van der Waals surface area (Å²) in [7, 11) is 1.66. The fourth-order valence-corrected chi connectivity index (χ4v) is 2.65. The summed E-state index contributed by atoms with van der Waals surface area (Å²) < 4.78 is 5.24. The molecule has 0 aliphatic rings. The molecule has 1 aromatic heterocycles. The van der Waals surface area contributed by atoms with E-state index in [1.807, 2.05) is 54.6 Å². The van der Waals surface area contributed by atoms with Gasteiger partial charge in [0.05, 0.1) is 7.11 Å². The number of ether oxygens (including phenoxy) is 1. The summed E-state index contributed by atoms with van der Waals surface area (Å²) in [6.45, 7) is 2.45. The summed E-state index contributed by atoms with van der Waals surface area (Å²) >= 11 is 0. The van der Waals surface area contributed by atoms with Crippen molar-refractivity contribution in [1.82, 2.24) is 9.97 Å². The SMILES string of the molecule is COc1cccc(CCNc2cc(C(=O)Nc3ccccc3)nc(C)n2)c1. The Labute approximate surface area is 158 Å². The molecule has 3 aromatic rings. The van der Waals surface area contributed by atoms with Gasteiger partial charge in [-0.15, -0.1) is 0 Å². The number of aryl methyl sites for hydroxylation is 1.